The lowest BCUT2D eigenvalue weighted by atomic mass is 10.2. The molecular formula is C17H20N2O2S. The van der Waals surface area contributed by atoms with Crippen LogP contribution in [-0.4, -0.2) is 32.2 Å². The van der Waals surface area contributed by atoms with E-state index in [1.54, 1.807) is 18.4 Å². The molecule has 0 radical (unpaired) electrons. The third-order valence-corrected chi connectivity index (χ3v) is 4.85. The highest BCUT2D eigenvalue weighted by atomic mass is 32.1. The molecule has 1 atom stereocenters. The maximum absolute atomic E-state index is 12.1. The monoisotopic (exact) mass is 316 g/mol. The van der Waals surface area contributed by atoms with Gasteiger partial charge in [-0.1, -0.05) is 6.07 Å². The first-order chi connectivity index (χ1) is 10.8. The van der Waals surface area contributed by atoms with Gasteiger partial charge in [-0.05, 0) is 42.1 Å². The Morgan fingerprint density at radius 2 is 2.18 bits per heavy atom. The summed E-state index contributed by atoms with van der Waals surface area (Å²) in [4.78, 5) is 15.6. The van der Waals surface area contributed by atoms with E-state index in [9.17, 15) is 4.79 Å². The molecule has 22 heavy (non-hydrogen) atoms. The fourth-order valence-corrected chi connectivity index (χ4v) is 3.31. The van der Waals surface area contributed by atoms with E-state index in [1.165, 1.54) is 0 Å². The Labute approximate surface area is 134 Å². The average Bonchev–Trinajstić information content (AvgIpc) is 3.24. The number of benzene rings is 1. The van der Waals surface area contributed by atoms with E-state index >= 15 is 0 Å². The maximum Gasteiger partial charge on any atom is 0.251 e. The number of carbonyl (C=O) groups excluding carboxylic acids is 1. The van der Waals surface area contributed by atoms with Gasteiger partial charge in [0.25, 0.3) is 5.91 Å². The second-order valence-electron chi connectivity index (χ2n) is 5.40. The van der Waals surface area contributed by atoms with Gasteiger partial charge in [0.15, 0.2) is 0 Å². The van der Waals surface area contributed by atoms with Crippen LogP contribution in [0.1, 0.15) is 21.7 Å². The zero-order valence-corrected chi connectivity index (χ0v) is 13.4. The van der Waals surface area contributed by atoms with Gasteiger partial charge in [-0.2, -0.15) is 0 Å². The van der Waals surface area contributed by atoms with E-state index in [-0.39, 0.29) is 5.91 Å². The number of thiophene rings is 1. The highest BCUT2D eigenvalue weighted by Gasteiger charge is 2.22. The van der Waals surface area contributed by atoms with Crippen molar-refractivity contribution in [1.29, 1.82) is 0 Å². The summed E-state index contributed by atoms with van der Waals surface area (Å²) in [7, 11) is 1.76. The van der Waals surface area contributed by atoms with Gasteiger partial charge in [0.2, 0.25) is 0 Å². The van der Waals surface area contributed by atoms with Gasteiger partial charge in [-0.25, -0.2) is 0 Å². The van der Waals surface area contributed by atoms with Crippen LogP contribution in [0.25, 0.3) is 0 Å². The molecular weight excluding hydrogens is 296 g/mol. The third-order valence-electron chi connectivity index (χ3n) is 3.98. The smallest absolute Gasteiger partial charge is 0.251 e. The van der Waals surface area contributed by atoms with Gasteiger partial charge < -0.3 is 15.0 Å². The molecule has 1 aliphatic heterocycles. The molecule has 4 nitrogen and oxygen atoms in total. The number of hydrogen-bond donors (Lipinski definition) is 1. The Morgan fingerprint density at radius 1 is 1.36 bits per heavy atom. The van der Waals surface area contributed by atoms with Gasteiger partial charge in [0.1, 0.15) is 0 Å². The normalized spacial score (nSPS) is 17.7. The molecule has 3 rings (SSSR count). The standard InChI is InChI=1S/C17H20N2O2S/c1-21-15-8-9-19(12-15)14-6-4-13(5-7-14)17(20)18-11-16-3-2-10-22-16/h2-7,10,15H,8-9,11-12H2,1H3,(H,18,20)/t15-/m0/s1. The van der Waals surface area contributed by atoms with Crippen LogP contribution in [0.3, 0.4) is 0 Å². The number of rotatable bonds is 5. The molecule has 2 heterocycles. The molecule has 5 heteroatoms. The van der Waals surface area contributed by atoms with Crippen LogP contribution in [0.4, 0.5) is 5.69 Å². The summed E-state index contributed by atoms with van der Waals surface area (Å²) < 4.78 is 5.39. The van der Waals surface area contributed by atoms with Crippen molar-refractivity contribution in [2.75, 3.05) is 25.1 Å². The summed E-state index contributed by atoms with van der Waals surface area (Å²) in [5.74, 6) is -0.0314. The molecule has 0 saturated carbocycles. The van der Waals surface area contributed by atoms with E-state index in [2.05, 4.69) is 10.2 Å². The molecule has 1 amide bonds. The first-order valence-corrected chi connectivity index (χ1v) is 8.32. The van der Waals surface area contributed by atoms with Gasteiger partial charge >= 0.3 is 0 Å². The quantitative estimate of drug-likeness (QED) is 0.922. The number of hydrogen-bond acceptors (Lipinski definition) is 4. The summed E-state index contributed by atoms with van der Waals surface area (Å²) >= 11 is 1.65. The molecule has 0 unspecified atom stereocenters. The molecule has 116 valence electrons. The number of ether oxygens (including phenoxy) is 1. The summed E-state index contributed by atoms with van der Waals surface area (Å²) in [6, 6.07) is 11.8. The average molecular weight is 316 g/mol. The predicted molar refractivity (Wildman–Crippen MR) is 89.6 cm³/mol. The van der Waals surface area contributed by atoms with Crippen molar-refractivity contribution in [1.82, 2.24) is 5.32 Å². The van der Waals surface area contributed by atoms with E-state index < -0.39 is 0 Å². The number of amides is 1. The Kier molecular flexibility index (Phi) is 4.75. The van der Waals surface area contributed by atoms with E-state index in [4.69, 9.17) is 4.74 Å². The predicted octanol–water partition coefficient (Wildman–Crippen LogP) is 2.90. The lowest BCUT2D eigenvalue weighted by Gasteiger charge is -2.18. The highest BCUT2D eigenvalue weighted by Crippen LogP contribution is 2.22. The van der Waals surface area contributed by atoms with Crippen molar-refractivity contribution < 1.29 is 9.53 Å². The minimum atomic E-state index is -0.0314. The molecule has 0 aliphatic carbocycles. The highest BCUT2D eigenvalue weighted by molar-refractivity contribution is 7.09. The molecule has 1 aromatic carbocycles. The lowest BCUT2D eigenvalue weighted by molar-refractivity contribution is 0.0951. The fourth-order valence-electron chi connectivity index (χ4n) is 2.66. The topological polar surface area (TPSA) is 41.6 Å². The first-order valence-electron chi connectivity index (χ1n) is 7.44. The van der Waals surface area contributed by atoms with Crippen molar-refractivity contribution in [2.45, 2.75) is 19.1 Å². The SMILES string of the molecule is CO[C@H]1CCN(c2ccc(C(=O)NCc3cccs3)cc2)C1. The van der Waals surface area contributed by atoms with Crippen molar-refractivity contribution in [3.05, 3.63) is 52.2 Å². The van der Waals surface area contributed by atoms with E-state index in [0.29, 0.717) is 18.2 Å². The minimum Gasteiger partial charge on any atom is -0.380 e. The number of nitrogens with zero attached hydrogens (tertiary/aromatic N) is 1. The van der Waals surface area contributed by atoms with Crippen molar-refractivity contribution in [3.63, 3.8) is 0 Å². The molecule has 0 bridgehead atoms. The molecule has 1 saturated heterocycles. The molecule has 1 fully saturated rings. The summed E-state index contributed by atoms with van der Waals surface area (Å²) in [5.41, 5.74) is 1.84. The van der Waals surface area contributed by atoms with Gasteiger partial charge in [-0.3, -0.25) is 4.79 Å². The summed E-state index contributed by atoms with van der Waals surface area (Å²) in [5, 5.41) is 4.96. The van der Waals surface area contributed by atoms with Crippen LogP contribution in [-0.2, 0) is 11.3 Å². The molecule has 2 aromatic rings. The van der Waals surface area contributed by atoms with Gasteiger partial charge in [0, 0.05) is 36.3 Å². The first kappa shape index (κ1) is 15.1. The van der Waals surface area contributed by atoms with Gasteiger partial charge in [-0.15, -0.1) is 11.3 Å². The number of nitrogens with one attached hydrogen (secondary N) is 1. The zero-order valence-electron chi connectivity index (χ0n) is 12.6. The summed E-state index contributed by atoms with van der Waals surface area (Å²) in [6.07, 6.45) is 1.37. The van der Waals surface area contributed by atoms with Crippen molar-refractivity contribution in [2.24, 2.45) is 0 Å². The number of methoxy groups -OCH3 is 1. The van der Waals surface area contributed by atoms with E-state index in [1.807, 2.05) is 41.8 Å². The fraction of sp³-hybridized carbons (Fsp3) is 0.353. The van der Waals surface area contributed by atoms with Crippen LogP contribution >= 0.6 is 11.3 Å². The Morgan fingerprint density at radius 3 is 2.82 bits per heavy atom. The van der Waals surface area contributed by atoms with Crippen molar-refractivity contribution >= 4 is 22.9 Å². The molecule has 1 N–H and O–H groups in total. The molecule has 1 aromatic heterocycles. The molecule has 0 spiro atoms. The lowest BCUT2D eigenvalue weighted by Crippen LogP contribution is -2.23. The second kappa shape index (κ2) is 6.94. The Hall–Kier alpha value is -1.85. The number of anilines is 1. The summed E-state index contributed by atoms with van der Waals surface area (Å²) in [6.45, 7) is 2.50. The van der Waals surface area contributed by atoms with E-state index in [0.717, 1.165) is 30.1 Å². The Bertz CT molecular complexity index is 610. The molecule has 1 aliphatic rings. The van der Waals surface area contributed by atoms with Crippen LogP contribution in [0, 0.1) is 0 Å². The van der Waals surface area contributed by atoms with Crippen LogP contribution in [0.15, 0.2) is 41.8 Å². The largest absolute Gasteiger partial charge is 0.380 e. The van der Waals surface area contributed by atoms with Crippen LogP contribution < -0.4 is 10.2 Å². The second-order valence-corrected chi connectivity index (χ2v) is 6.43. The third kappa shape index (κ3) is 3.48. The zero-order chi connectivity index (χ0) is 15.4. The minimum absolute atomic E-state index is 0.0314. The maximum atomic E-state index is 12.1. The van der Waals surface area contributed by atoms with Crippen molar-refractivity contribution in [3.8, 4) is 0 Å². The Balaban J connectivity index is 1.58. The number of carbonyl (C=O) groups is 1. The van der Waals surface area contributed by atoms with Crippen LogP contribution in [0.2, 0.25) is 0 Å². The van der Waals surface area contributed by atoms with Crippen LogP contribution in [0.5, 0.6) is 0 Å². The van der Waals surface area contributed by atoms with Gasteiger partial charge in [0.05, 0.1) is 12.6 Å².